The molecule has 4 heteroatoms. The van der Waals surface area contributed by atoms with Gasteiger partial charge in [-0.25, -0.2) is 0 Å². The van der Waals surface area contributed by atoms with Crippen molar-refractivity contribution in [3.8, 4) is 11.5 Å². The topological polar surface area (TPSA) is 35.5 Å². The van der Waals surface area contributed by atoms with Crippen molar-refractivity contribution in [1.82, 2.24) is 0 Å². The molecule has 3 rings (SSSR count). The van der Waals surface area contributed by atoms with Crippen LogP contribution in [0.25, 0.3) is 6.08 Å². The highest BCUT2D eigenvalue weighted by molar-refractivity contribution is 7.14. The van der Waals surface area contributed by atoms with Gasteiger partial charge < -0.3 is 9.47 Å². The van der Waals surface area contributed by atoms with E-state index in [2.05, 4.69) is 13.5 Å². The number of ether oxygens (including phenoxy) is 2. The maximum atomic E-state index is 12.5. The summed E-state index contributed by atoms with van der Waals surface area (Å²) in [5.74, 6) is 1.62. The van der Waals surface area contributed by atoms with Crippen LogP contribution >= 0.6 is 11.3 Å². The van der Waals surface area contributed by atoms with E-state index in [1.165, 1.54) is 4.88 Å². The van der Waals surface area contributed by atoms with Crippen LogP contribution in [0.15, 0.2) is 73.3 Å². The predicted molar refractivity (Wildman–Crippen MR) is 129 cm³/mol. The van der Waals surface area contributed by atoms with E-state index in [0.29, 0.717) is 6.61 Å². The highest BCUT2D eigenvalue weighted by Crippen LogP contribution is 2.25. The number of aryl methyl sites for hydroxylation is 1. The molecule has 0 saturated heterocycles. The molecule has 0 atom stereocenters. The second-order valence-electron chi connectivity index (χ2n) is 7.17. The molecular weight excluding hydrogens is 404 g/mol. The van der Waals surface area contributed by atoms with E-state index in [1.807, 2.05) is 66.7 Å². The SMILES string of the molecule is C=CCc1ccccc1OCc1cc(/C=C/C(=O)c2ccc(CCC)s2)ccc1OC. The second kappa shape index (κ2) is 11.3. The van der Waals surface area contributed by atoms with Crippen molar-refractivity contribution >= 4 is 23.2 Å². The Morgan fingerprint density at radius 3 is 2.68 bits per heavy atom. The van der Waals surface area contributed by atoms with Gasteiger partial charge in [0.2, 0.25) is 0 Å². The van der Waals surface area contributed by atoms with Crippen LogP contribution < -0.4 is 9.47 Å². The largest absolute Gasteiger partial charge is 0.496 e. The summed E-state index contributed by atoms with van der Waals surface area (Å²) in [5, 5.41) is 0. The van der Waals surface area contributed by atoms with Gasteiger partial charge in [0.1, 0.15) is 18.1 Å². The van der Waals surface area contributed by atoms with Gasteiger partial charge in [-0.2, -0.15) is 0 Å². The highest BCUT2D eigenvalue weighted by atomic mass is 32.1. The standard InChI is InChI=1S/C27H28O3S/c1-4-8-21-10-6-7-11-26(21)30-19-22-18-20(13-16-25(22)29-3)12-15-24(28)27-17-14-23(31-27)9-5-2/h4,6-7,10-18H,1,5,8-9,19H2,2-3H3/b15-12+. The number of benzene rings is 2. The van der Waals surface area contributed by atoms with Crippen molar-refractivity contribution in [1.29, 1.82) is 0 Å². The lowest BCUT2D eigenvalue weighted by atomic mass is 10.1. The van der Waals surface area contributed by atoms with Crippen molar-refractivity contribution in [2.75, 3.05) is 7.11 Å². The Morgan fingerprint density at radius 1 is 1.06 bits per heavy atom. The van der Waals surface area contributed by atoms with Crippen molar-refractivity contribution < 1.29 is 14.3 Å². The Bertz CT molecular complexity index is 1060. The molecule has 3 aromatic rings. The van der Waals surface area contributed by atoms with Gasteiger partial charge in [0.05, 0.1) is 12.0 Å². The van der Waals surface area contributed by atoms with Crippen LogP contribution in [0.4, 0.5) is 0 Å². The zero-order valence-electron chi connectivity index (χ0n) is 18.1. The third-order valence-corrected chi connectivity index (χ3v) is 6.01. The molecule has 1 heterocycles. The molecule has 0 saturated carbocycles. The molecule has 0 aliphatic heterocycles. The summed E-state index contributed by atoms with van der Waals surface area (Å²) in [6.07, 6.45) is 8.19. The van der Waals surface area contributed by atoms with E-state index in [1.54, 1.807) is 24.5 Å². The predicted octanol–water partition coefficient (Wildman–Crippen LogP) is 6.91. The average Bonchev–Trinajstić information content (AvgIpc) is 3.26. The summed E-state index contributed by atoms with van der Waals surface area (Å²) in [5.41, 5.74) is 2.95. The number of methoxy groups -OCH3 is 1. The first-order valence-electron chi connectivity index (χ1n) is 10.4. The Kier molecular flexibility index (Phi) is 8.25. The number of hydrogen-bond donors (Lipinski definition) is 0. The van der Waals surface area contributed by atoms with Gasteiger partial charge >= 0.3 is 0 Å². The van der Waals surface area contributed by atoms with Crippen LogP contribution in [-0.4, -0.2) is 12.9 Å². The van der Waals surface area contributed by atoms with Crippen molar-refractivity contribution in [3.63, 3.8) is 0 Å². The normalized spacial score (nSPS) is 10.9. The Morgan fingerprint density at radius 2 is 1.90 bits per heavy atom. The van der Waals surface area contributed by atoms with Crippen molar-refractivity contribution in [2.45, 2.75) is 32.8 Å². The van der Waals surface area contributed by atoms with Crippen LogP contribution in [0.1, 0.15) is 44.6 Å². The lowest BCUT2D eigenvalue weighted by molar-refractivity contribution is 0.105. The van der Waals surface area contributed by atoms with Gasteiger partial charge in [-0.05, 0) is 60.4 Å². The maximum absolute atomic E-state index is 12.5. The summed E-state index contributed by atoms with van der Waals surface area (Å²) in [4.78, 5) is 14.5. The van der Waals surface area contributed by atoms with Gasteiger partial charge in [-0.15, -0.1) is 17.9 Å². The third kappa shape index (κ3) is 6.19. The first-order chi connectivity index (χ1) is 15.1. The minimum Gasteiger partial charge on any atom is -0.496 e. The number of carbonyl (C=O) groups excluding carboxylic acids is 1. The molecule has 31 heavy (non-hydrogen) atoms. The third-order valence-electron chi connectivity index (χ3n) is 4.85. The summed E-state index contributed by atoms with van der Waals surface area (Å²) in [6.45, 7) is 6.33. The number of thiophene rings is 1. The van der Waals surface area contributed by atoms with Crippen LogP contribution in [-0.2, 0) is 19.4 Å². The summed E-state index contributed by atoms with van der Waals surface area (Å²) in [6, 6.07) is 17.7. The van der Waals surface area contributed by atoms with Gasteiger partial charge in [-0.1, -0.05) is 49.8 Å². The molecule has 3 nitrogen and oxygen atoms in total. The molecule has 2 aromatic carbocycles. The van der Waals surface area contributed by atoms with Crippen LogP contribution in [0.2, 0.25) is 0 Å². The number of ketones is 1. The number of rotatable bonds is 11. The fourth-order valence-corrected chi connectivity index (χ4v) is 4.31. The molecule has 160 valence electrons. The fraction of sp³-hybridized carbons (Fsp3) is 0.222. The van der Waals surface area contributed by atoms with Crippen molar-refractivity contribution in [3.05, 3.63) is 99.8 Å². The lowest BCUT2D eigenvalue weighted by Crippen LogP contribution is -2.01. The molecule has 0 spiro atoms. The molecule has 0 unspecified atom stereocenters. The average molecular weight is 433 g/mol. The molecule has 0 amide bonds. The summed E-state index contributed by atoms with van der Waals surface area (Å²) >= 11 is 1.57. The van der Waals surface area contributed by atoms with Gasteiger partial charge in [0.25, 0.3) is 0 Å². The first kappa shape index (κ1) is 22.6. The molecule has 0 aliphatic carbocycles. The number of carbonyl (C=O) groups is 1. The smallest absolute Gasteiger partial charge is 0.195 e. The Labute approximate surface area is 188 Å². The van der Waals surface area contributed by atoms with Crippen molar-refractivity contribution in [2.24, 2.45) is 0 Å². The first-order valence-corrected chi connectivity index (χ1v) is 11.3. The van der Waals surface area contributed by atoms with Crippen LogP contribution in [0.3, 0.4) is 0 Å². The molecular formula is C27H28O3S. The molecule has 0 N–H and O–H groups in total. The zero-order chi connectivity index (χ0) is 22.1. The number of hydrogen-bond acceptors (Lipinski definition) is 4. The van der Waals surface area contributed by atoms with E-state index >= 15 is 0 Å². The minimum absolute atomic E-state index is 0.0272. The van der Waals surface area contributed by atoms with E-state index < -0.39 is 0 Å². The van der Waals surface area contributed by atoms with Gasteiger partial charge in [0.15, 0.2) is 5.78 Å². The highest BCUT2D eigenvalue weighted by Gasteiger charge is 2.09. The van der Waals surface area contributed by atoms with E-state index in [9.17, 15) is 4.79 Å². The summed E-state index contributed by atoms with van der Waals surface area (Å²) < 4.78 is 11.6. The van der Waals surface area contributed by atoms with Gasteiger partial charge in [-0.3, -0.25) is 4.79 Å². The van der Waals surface area contributed by atoms with Crippen LogP contribution in [0.5, 0.6) is 11.5 Å². The second-order valence-corrected chi connectivity index (χ2v) is 8.34. The Hall–Kier alpha value is -3.11. The molecule has 0 fully saturated rings. The quantitative estimate of drug-likeness (QED) is 0.188. The fourth-order valence-electron chi connectivity index (χ4n) is 3.28. The number of para-hydroxylation sites is 1. The molecule has 0 aliphatic rings. The summed E-state index contributed by atoms with van der Waals surface area (Å²) in [7, 11) is 1.65. The molecule has 0 bridgehead atoms. The van der Waals surface area contributed by atoms with Gasteiger partial charge in [0, 0.05) is 10.4 Å². The van der Waals surface area contributed by atoms with E-state index in [-0.39, 0.29) is 5.78 Å². The minimum atomic E-state index is 0.0272. The van der Waals surface area contributed by atoms with E-state index in [0.717, 1.165) is 52.3 Å². The Balaban J connectivity index is 1.73. The monoisotopic (exact) mass is 432 g/mol. The number of allylic oxidation sites excluding steroid dienone is 2. The maximum Gasteiger partial charge on any atom is 0.195 e. The molecule has 1 aromatic heterocycles. The van der Waals surface area contributed by atoms with Crippen LogP contribution in [0, 0.1) is 0 Å². The zero-order valence-corrected chi connectivity index (χ0v) is 18.9. The molecule has 0 radical (unpaired) electrons. The lowest BCUT2D eigenvalue weighted by Gasteiger charge is -2.13. The van der Waals surface area contributed by atoms with E-state index in [4.69, 9.17) is 9.47 Å².